The lowest BCUT2D eigenvalue weighted by molar-refractivity contribution is 1.07. The zero-order valence-corrected chi connectivity index (χ0v) is 11.4. The topological polar surface area (TPSA) is 106 Å². The van der Waals surface area contributed by atoms with Crippen LogP contribution in [0.15, 0.2) is 49.1 Å². The normalized spacial score (nSPS) is 10.9. The van der Waals surface area contributed by atoms with Gasteiger partial charge in [0.1, 0.15) is 11.5 Å². The third-order valence-corrected chi connectivity index (χ3v) is 3.36. The molecule has 7 nitrogen and oxygen atoms in total. The predicted molar refractivity (Wildman–Crippen MR) is 82.6 cm³/mol. The lowest BCUT2D eigenvalue weighted by atomic mass is 10.1. The highest BCUT2D eigenvalue weighted by Gasteiger charge is 2.13. The van der Waals surface area contributed by atoms with E-state index >= 15 is 0 Å². The Morgan fingerprint density at radius 1 is 1.00 bits per heavy atom. The summed E-state index contributed by atoms with van der Waals surface area (Å²) in [5.41, 5.74) is 9.10. The molecule has 0 saturated heterocycles. The van der Waals surface area contributed by atoms with E-state index in [0.717, 1.165) is 16.5 Å². The van der Waals surface area contributed by atoms with Crippen LogP contribution in [0.2, 0.25) is 0 Å². The van der Waals surface area contributed by atoms with Gasteiger partial charge in [-0.15, -0.1) is 0 Å². The van der Waals surface area contributed by atoms with Crippen LogP contribution in [0.4, 0.5) is 5.82 Å². The van der Waals surface area contributed by atoms with Crippen molar-refractivity contribution >= 4 is 16.9 Å². The van der Waals surface area contributed by atoms with Crippen LogP contribution in [-0.2, 0) is 0 Å². The largest absolute Gasteiger partial charge is 0.383 e. The Balaban J connectivity index is 1.83. The highest BCUT2D eigenvalue weighted by molar-refractivity contribution is 5.89. The van der Waals surface area contributed by atoms with E-state index < -0.39 is 0 Å². The molecular formula is C15H11N7. The Morgan fingerprint density at radius 2 is 1.86 bits per heavy atom. The summed E-state index contributed by atoms with van der Waals surface area (Å²) in [5, 5.41) is 7.95. The Labute approximate surface area is 125 Å². The molecule has 0 aliphatic heterocycles. The van der Waals surface area contributed by atoms with Crippen molar-refractivity contribution in [3.8, 4) is 22.6 Å². The van der Waals surface area contributed by atoms with Crippen molar-refractivity contribution in [2.45, 2.75) is 0 Å². The second-order valence-electron chi connectivity index (χ2n) is 4.70. The fraction of sp³-hybridized carbons (Fsp3) is 0. The van der Waals surface area contributed by atoms with E-state index in [4.69, 9.17) is 5.73 Å². The van der Waals surface area contributed by atoms with Crippen molar-refractivity contribution in [3.05, 3.63) is 49.1 Å². The van der Waals surface area contributed by atoms with Crippen LogP contribution in [-0.4, -0.2) is 30.1 Å². The minimum atomic E-state index is 0.399. The lowest BCUT2D eigenvalue weighted by Gasteiger charge is -2.05. The Morgan fingerprint density at radius 3 is 2.68 bits per heavy atom. The fourth-order valence-electron chi connectivity index (χ4n) is 2.29. The van der Waals surface area contributed by atoms with Crippen LogP contribution in [0, 0.1) is 0 Å². The number of pyridine rings is 2. The maximum Gasteiger partial charge on any atom is 0.182 e. The number of anilines is 1. The zero-order chi connectivity index (χ0) is 14.9. The van der Waals surface area contributed by atoms with Crippen molar-refractivity contribution < 1.29 is 0 Å². The standard InChI is InChI=1S/C15H11N7/c16-13-11(9-3-6-17-7-4-9)8-19-15(20-13)12-10-2-1-5-18-14(10)22-21-12/h1-8H,(H2,16,19,20)(H,18,21,22). The van der Waals surface area contributed by atoms with Crippen LogP contribution in [0.1, 0.15) is 0 Å². The summed E-state index contributed by atoms with van der Waals surface area (Å²) in [6.45, 7) is 0. The van der Waals surface area contributed by atoms with Gasteiger partial charge in [-0.1, -0.05) is 0 Å². The summed E-state index contributed by atoms with van der Waals surface area (Å²) in [7, 11) is 0. The van der Waals surface area contributed by atoms with Crippen molar-refractivity contribution in [2.75, 3.05) is 5.73 Å². The monoisotopic (exact) mass is 289 g/mol. The van der Waals surface area contributed by atoms with Gasteiger partial charge in [0.15, 0.2) is 11.5 Å². The summed E-state index contributed by atoms with van der Waals surface area (Å²) in [5.74, 6) is 0.866. The van der Waals surface area contributed by atoms with Gasteiger partial charge in [-0.05, 0) is 29.8 Å². The first kappa shape index (κ1) is 12.4. The number of nitrogen functional groups attached to an aromatic ring is 1. The summed E-state index contributed by atoms with van der Waals surface area (Å²) >= 11 is 0. The summed E-state index contributed by atoms with van der Waals surface area (Å²) in [6, 6.07) is 7.48. The fourth-order valence-corrected chi connectivity index (χ4v) is 2.29. The molecule has 4 aromatic rings. The second-order valence-corrected chi connectivity index (χ2v) is 4.70. The molecular weight excluding hydrogens is 278 g/mol. The molecule has 0 aliphatic rings. The first-order chi connectivity index (χ1) is 10.8. The van der Waals surface area contributed by atoms with Crippen LogP contribution in [0.3, 0.4) is 0 Å². The second kappa shape index (κ2) is 4.88. The van der Waals surface area contributed by atoms with Gasteiger partial charge in [0.2, 0.25) is 0 Å². The molecule has 0 fully saturated rings. The van der Waals surface area contributed by atoms with Gasteiger partial charge in [-0.3, -0.25) is 10.1 Å². The number of nitrogens with two attached hydrogens (primary N) is 1. The number of rotatable bonds is 2. The predicted octanol–water partition coefficient (Wildman–Crippen LogP) is 2.06. The van der Waals surface area contributed by atoms with E-state index in [9.17, 15) is 0 Å². The van der Waals surface area contributed by atoms with E-state index in [1.54, 1.807) is 24.8 Å². The average molecular weight is 289 g/mol. The minimum Gasteiger partial charge on any atom is -0.383 e. The van der Waals surface area contributed by atoms with Crippen LogP contribution in [0.25, 0.3) is 33.7 Å². The number of hydrogen-bond acceptors (Lipinski definition) is 6. The zero-order valence-electron chi connectivity index (χ0n) is 11.4. The van der Waals surface area contributed by atoms with E-state index in [-0.39, 0.29) is 0 Å². The molecule has 0 bridgehead atoms. The van der Waals surface area contributed by atoms with Crippen LogP contribution >= 0.6 is 0 Å². The molecule has 0 atom stereocenters. The van der Waals surface area contributed by atoms with Gasteiger partial charge in [-0.25, -0.2) is 15.0 Å². The molecule has 3 N–H and O–H groups in total. The van der Waals surface area contributed by atoms with Gasteiger partial charge in [0.25, 0.3) is 0 Å². The molecule has 4 heterocycles. The SMILES string of the molecule is Nc1nc(-c2n[nH]c3ncccc23)ncc1-c1ccncc1. The highest BCUT2D eigenvalue weighted by atomic mass is 15.2. The van der Waals surface area contributed by atoms with Gasteiger partial charge in [-0.2, -0.15) is 5.10 Å². The number of nitrogens with zero attached hydrogens (tertiary/aromatic N) is 5. The van der Waals surface area contributed by atoms with E-state index in [1.807, 2.05) is 24.3 Å². The first-order valence-corrected chi connectivity index (χ1v) is 6.65. The Bertz CT molecular complexity index is 946. The number of fused-ring (bicyclic) bond motifs is 1. The quantitative estimate of drug-likeness (QED) is 0.585. The molecule has 4 aromatic heterocycles. The third-order valence-electron chi connectivity index (χ3n) is 3.36. The lowest BCUT2D eigenvalue weighted by Crippen LogP contribution is -1.99. The minimum absolute atomic E-state index is 0.399. The molecule has 0 aliphatic carbocycles. The molecule has 0 spiro atoms. The third kappa shape index (κ3) is 1.96. The van der Waals surface area contributed by atoms with Crippen LogP contribution < -0.4 is 5.73 Å². The number of nitrogens with one attached hydrogen (secondary N) is 1. The van der Waals surface area contributed by atoms with Crippen molar-refractivity contribution in [2.24, 2.45) is 0 Å². The van der Waals surface area contributed by atoms with Crippen molar-refractivity contribution in [3.63, 3.8) is 0 Å². The molecule has 7 heteroatoms. The molecule has 0 saturated carbocycles. The molecule has 0 aromatic carbocycles. The van der Waals surface area contributed by atoms with E-state index in [1.165, 1.54) is 0 Å². The van der Waals surface area contributed by atoms with E-state index in [0.29, 0.717) is 23.0 Å². The number of hydrogen-bond donors (Lipinski definition) is 2. The molecule has 0 unspecified atom stereocenters. The molecule has 0 radical (unpaired) electrons. The van der Waals surface area contributed by atoms with Crippen LogP contribution in [0.5, 0.6) is 0 Å². The molecule has 0 amide bonds. The van der Waals surface area contributed by atoms with Gasteiger partial charge in [0, 0.05) is 30.4 Å². The summed E-state index contributed by atoms with van der Waals surface area (Å²) < 4.78 is 0. The van der Waals surface area contributed by atoms with E-state index in [2.05, 4.69) is 30.1 Å². The van der Waals surface area contributed by atoms with Gasteiger partial charge < -0.3 is 5.73 Å². The highest BCUT2D eigenvalue weighted by Crippen LogP contribution is 2.27. The Hall–Kier alpha value is -3.35. The molecule has 22 heavy (non-hydrogen) atoms. The smallest absolute Gasteiger partial charge is 0.182 e. The number of aromatic nitrogens is 6. The molecule has 4 rings (SSSR count). The maximum absolute atomic E-state index is 6.08. The number of aromatic amines is 1. The molecule has 106 valence electrons. The van der Waals surface area contributed by atoms with Gasteiger partial charge in [0.05, 0.1) is 5.39 Å². The summed E-state index contributed by atoms with van der Waals surface area (Å²) in [4.78, 5) is 17.0. The first-order valence-electron chi connectivity index (χ1n) is 6.65. The Kier molecular flexibility index (Phi) is 2.75. The maximum atomic E-state index is 6.08. The summed E-state index contributed by atoms with van der Waals surface area (Å²) in [6.07, 6.45) is 6.81. The number of H-pyrrole nitrogens is 1. The van der Waals surface area contributed by atoms with Gasteiger partial charge >= 0.3 is 0 Å². The average Bonchev–Trinajstić information content (AvgIpc) is 2.99. The van der Waals surface area contributed by atoms with Crippen molar-refractivity contribution in [1.82, 2.24) is 30.1 Å². The van der Waals surface area contributed by atoms with Crippen molar-refractivity contribution in [1.29, 1.82) is 0 Å².